The van der Waals surface area contributed by atoms with Crippen LogP contribution in [0.3, 0.4) is 0 Å². The summed E-state index contributed by atoms with van der Waals surface area (Å²) in [4.78, 5) is 50.7. The van der Waals surface area contributed by atoms with Gasteiger partial charge in [0.25, 0.3) is 11.8 Å². The van der Waals surface area contributed by atoms with Gasteiger partial charge in [0.15, 0.2) is 13.2 Å². The number of nitrogens with one attached hydrogen (secondary N) is 1. The van der Waals surface area contributed by atoms with Crippen molar-refractivity contribution in [2.75, 3.05) is 13.2 Å². The molecule has 0 bridgehead atoms. The number of hydrogen-bond acceptors (Lipinski definition) is 6. The van der Waals surface area contributed by atoms with Gasteiger partial charge in [-0.2, -0.15) is 0 Å². The van der Waals surface area contributed by atoms with Crippen LogP contribution in [0.4, 0.5) is 0 Å². The molecule has 1 aliphatic carbocycles. The molecular weight excluding hydrogens is 424 g/mol. The molecule has 0 aromatic heterocycles. The first kappa shape index (κ1) is 24.7. The summed E-state index contributed by atoms with van der Waals surface area (Å²) in [6, 6.07) is 6.60. The van der Waals surface area contributed by atoms with Crippen molar-refractivity contribution in [2.24, 2.45) is 5.92 Å². The van der Waals surface area contributed by atoms with E-state index < -0.39 is 18.5 Å². The van der Waals surface area contributed by atoms with E-state index in [2.05, 4.69) is 19.2 Å². The second-order valence-corrected chi connectivity index (χ2v) is 9.07. The monoisotopic (exact) mass is 458 g/mol. The number of nitrogens with zero attached hydrogens (tertiary/aromatic N) is 1. The highest BCUT2D eigenvalue weighted by Crippen LogP contribution is 2.24. The Morgan fingerprint density at radius 1 is 0.879 bits per heavy atom. The number of amides is 3. The Balaban J connectivity index is 1.41. The molecule has 1 saturated heterocycles. The van der Waals surface area contributed by atoms with Gasteiger partial charge in [-0.3, -0.25) is 19.7 Å². The lowest BCUT2D eigenvalue weighted by Gasteiger charge is -2.38. The van der Waals surface area contributed by atoms with E-state index in [0.29, 0.717) is 5.75 Å². The zero-order valence-electron chi connectivity index (χ0n) is 19.5. The molecule has 1 N–H and O–H groups in total. The fraction of sp³-hybridized carbons (Fsp3) is 0.600. The third-order valence-corrected chi connectivity index (χ3v) is 6.51. The van der Waals surface area contributed by atoms with E-state index in [1.54, 1.807) is 12.1 Å². The van der Waals surface area contributed by atoms with Crippen LogP contribution in [0.1, 0.15) is 75.6 Å². The minimum absolute atomic E-state index is 0.0491. The normalized spacial score (nSPS) is 21.2. The number of esters is 1. The second kappa shape index (κ2) is 11.8. The Kier molecular flexibility index (Phi) is 8.86. The van der Waals surface area contributed by atoms with E-state index in [1.807, 2.05) is 4.90 Å². The van der Waals surface area contributed by atoms with Crippen molar-refractivity contribution in [1.29, 1.82) is 0 Å². The molecule has 1 aromatic rings. The molecule has 0 radical (unpaired) electrons. The lowest BCUT2D eigenvalue weighted by atomic mass is 9.89. The smallest absolute Gasteiger partial charge is 0.338 e. The number of carbonyl (C=O) groups is 4. The fourth-order valence-electron chi connectivity index (χ4n) is 4.67. The number of likely N-dealkylation sites (tertiary alicyclic amines) is 1. The first-order chi connectivity index (χ1) is 15.8. The molecule has 8 nitrogen and oxygen atoms in total. The van der Waals surface area contributed by atoms with Crippen LogP contribution in [0.15, 0.2) is 24.3 Å². The van der Waals surface area contributed by atoms with Gasteiger partial charge in [-0.15, -0.1) is 0 Å². The van der Waals surface area contributed by atoms with Gasteiger partial charge < -0.3 is 14.4 Å². The third-order valence-electron chi connectivity index (χ3n) is 6.51. The van der Waals surface area contributed by atoms with Crippen molar-refractivity contribution in [3.8, 4) is 5.75 Å². The Morgan fingerprint density at radius 2 is 1.52 bits per heavy atom. The van der Waals surface area contributed by atoms with Gasteiger partial charge in [-0.1, -0.05) is 19.3 Å². The number of ether oxygens (including phenoxy) is 2. The quantitative estimate of drug-likeness (QED) is 0.630. The molecule has 3 rings (SSSR count). The van der Waals surface area contributed by atoms with Crippen LogP contribution in [-0.4, -0.2) is 53.9 Å². The lowest BCUT2D eigenvalue weighted by molar-refractivity contribution is -0.139. The minimum atomic E-state index is -0.672. The summed E-state index contributed by atoms with van der Waals surface area (Å²) >= 11 is 0. The van der Waals surface area contributed by atoms with Crippen molar-refractivity contribution in [2.45, 2.75) is 77.3 Å². The molecule has 2 unspecified atom stereocenters. The van der Waals surface area contributed by atoms with Gasteiger partial charge in [0, 0.05) is 18.0 Å². The molecule has 3 amide bonds. The highest BCUT2D eigenvalue weighted by atomic mass is 16.5. The van der Waals surface area contributed by atoms with Gasteiger partial charge in [0.05, 0.1) is 5.56 Å². The lowest BCUT2D eigenvalue weighted by Crippen LogP contribution is -2.49. The highest BCUT2D eigenvalue weighted by Gasteiger charge is 2.29. The van der Waals surface area contributed by atoms with E-state index in [9.17, 15) is 19.2 Å². The van der Waals surface area contributed by atoms with Crippen LogP contribution in [-0.2, 0) is 19.1 Å². The predicted molar refractivity (Wildman–Crippen MR) is 122 cm³/mol. The van der Waals surface area contributed by atoms with Crippen molar-refractivity contribution >= 4 is 23.7 Å². The van der Waals surface area contributed by atoms with Crippen LogP contribution < -0.4 is 10.1 Å². The summed E-state index contributed by atoms with van der Waals surface area (Å²) < 4.78 is 10.6. The molecule has 1 aliphatic heterocycles. The van der Waals surface area contributed by atoms with Crippen molar-refractivity contribution in [1.82, 2.24) is 10.2 Å². The maximum absolute atomic E-state index is 12.6. The van der Waals surface area contributed by atoms with Gasteiger partial charge >= 0.3 is 5.97 Å². The standard InChI is InChI=1S/C25H34N2O6/c1-17-7-6-8-18(2)27(17)23(29)16-32-21-13-11-20(12-14-21)25(31)33-15-22(28)26-24(30)19-9-4-3-5-10-19/h11-14,17-19H,3-10,15-16H2,1-2H3,(H,26,28,30). The molecule has 180 valence electrons. The third kappa shape index (κ3) is 7.04. The summed E-state index contributed by atoms with van der Waals surface area (Å²) in [5.41, 5.74) is 0.248. The fourth-order valence-corrected chi connectivity index (χ4v) is 4.67. The number of piperidine rings is 1. The largest absolute Gasteiger partial charge is 0.484 e. The second-order valence-electron chi connectivity index (χ2n) is 9.07. The maximum atomic E-state index is 12.6. The minimum Gasteiger partial charge on any atom is -0.484 e. The predicted octanol–water partition coefficient (Wildman–Crippen LogP) is 3.23. The molecular formula is C25H34N2O6. The molecule has 1 heterocycles. The maximum Gasteiger partial charge on any atom is 0.338 e. The van der Waals surface area contributed by atoms with E-state index in [-0.39, 0.29) is 42.0 Å². The van der Waals surface area contributed by atoms with Crippen molar-refractivity contribution in [3.05, 3.63) is 29.8 Å². The van der Waals surface area contributed by atoms with Crippen molar-refractivity contribution < 1.29 is 28.7 Å². The molecule has 1 aromatic carbocycles. The molecule has 2 atom stereocenters. The van der Waals surface area contributed by atoms with E-state index in [4.69, 9.17) is 9.47 Å². The number of imide groups is 1. The zero-order chi connectivity index (χ0) is 23.8. The number of rotatable bonds is 7. The Hall–Kier alpha value is -2.90. The number of benzene rings is 1. The average Bonchev–Trinajstić information content (AvgIpc) is 2.82. The first-order valence-corrected chi connectivity index (χ1v) is 11.9. The van der Waals surface area contributed by atoms with Crippen LogP contribution in [0.25, 0.3) is 0 Å². The van der Waals surface area contributed by atoms with Crippen molar-refractivity contribution in [3.63, 3.8) is 0 Å². The van der Waals surface area contributed by atoms with Gasteiger partial charge in [0.1, 0.15) is 5.75 Å². The van der Waals surface area contributed by atoms with Gasteiger partial charge in [-0.25, -0.2) is 4.79 Å². The molecule has 2 fully saturated rings. The van der Waals surface area contributed by atoms with Crippen LogP contribution >= 0.6 is 0 Å². The van der Waals surface area contributed by atoms with E-state index >= 15 is 0 Å². The van der Waals surface area contributed by atoms with Gasteiger partial charge in [-0.05, 0) is 70.2 Å². The van der Waals surface area contributed by atoms with Crippen LogP contribution in [0.5, 0.6) is 5.75 Å². The molecule has 2 aliphatic rings. The summed E-state index contributed by atoms with van der Waals surface area (Å²) in [7, 11) is 0. The highest BCUT2D eigenvalue weighted by molar-refractivity contribution is 5.98. The number of hydrogen-bond donors (Lipinski definition) is 1. The summed E-state index contributed by atoms with van der Waals surface area (Å²) in [6.45, 7) is 3.53. The Labute approximate surface area is 195 Å². The molecule has 8 heteroatoms. The zero-order valence-corrected chi connectivity index (χ0v) is 19.5. The van der Waals surface area contributed by atoms with E-state index in [0.717, 1.165) is 51.4 Å². The van der Waals surface area contributed by atoms with Crippen LogP contribution in [0, 0.1) is 5.92 Å². The summed E-state index contributed by atoms with van der Waals surface area (Å²) in [5.74, 6) is -1.31. The Bertz CT molecular complexity index is 837. The summed E-state index contributed by atoms with van der Waals surface area (Å²) in [6.07, 6.45) is 7.80. The topological polar surface area (TPSA) is 102 Å². The SMILES string of the molecule is CC1CCCC(C)N1C(=O)COc1ccc(C(=O)OCC(=O)NC(=O)C2CCCCC2)cc1. The van der Waals surface area contributed by atoms with E-state index in [1.165, 1.54) is 12.1 Å². The molecule has 0 spiro atoms. The average molecular weight is 459 g/mol. The number of carbonyl (C=O) groups excluding carboxylic acids is 4. The Morgan fingerprint density at radius 3 is 2.15 bits per heavy atom. The van der Waals surface area contributed by atoms with Gasteiger partial charge in [0.2, 0.25) is 5.91 Å². The molecule has 33 heavy (non-hydrogen) atoms. The summed E-state index contributed by atoms with van der Waals surface area (Å²) in [5, 5.41) is 2.32. The molecule has 1 saturated carbocycles. The van der Waals surface area contributed by atoms with Crippen LogP contribution in [0.2, 0.25) is 0 Å². The first-order valence-electron chi connectivity index (χ1n) is 11.9.